The van der Waals surface area contributed by atoms with Crippen LogP contribution in [-0.2, 0) is 0 Å². The number of nitrogens with two attached hydrogens (primary N) is 1. The molecule has 0 bridgehead atoms. The van der Waals surface area contributed by atoms with Crippen molar-refractivity contribution in [1.29, 1.82) is 0 Å². The Bertz CT molecular complexity index is 538. The maximum absolute atomic E-state index is 6.08. The zero-order chi connectivity index (χ0) is 14.0. The van der Waals surface area contributed by atoms with Crippen molar-refractivity contribution in [1.82, 2.24) is 10.2 Å². The highest BCUT2D eigenvalue weighted by molar-refractivity contribution is 8.01. The highest BCUT2D eigenvalue weighted by Gasteiger charge is 2.22. The fourth-order valence-corrected chi connectivity index (χ4v) is 4.84. The van der Waals surface area contributed by atoms with Gasteiger partial charge < -0.3 is 10.6 Å². The second-order valence-electron chi connectivity index (χ2n) is 4.28. The van der Waals surface area contributed by atoms with Gasteiger partial charge in [0.25, 0.3) is 0 Å². The van der Waals surface area contributed by atoms with Gasteiger partial charge in [0, 0.05) is 25.0 Å². The molecule has 0 saturated heterocycles. The molecule has 2 atom stereocenters. The van der Waals surface area contributed by atoms with Crippen molar-refractivity contribution in [3.63, 3.8) is 0 Å². The van der Waals surface area contributed by atoms with Crippen LogP contribution in [0.4, 0.5) is 5.13 Å². The van der Waals surface area contributed by atoms with E-state index in [1.165, 1.54) is 4.88 Å². The number of halogens is 1. The Morgan fingerprint density at radius 3 is 2.53 bits per heavy atom. The fraction of sp³-hybridized carbons (Fsp3) is 0.455. The zero-order valence-electron chi connectivity index (χ0n) is 10.8. The Kier molecular flexibility index (Phi) is 5.08. The lowest BCUT2D eigenvalue weighted by molar-refractivity contribution is 0.729. The average molecular weight is 335 g/mol. The van der Waals surface area contributed by atoms with E-state index in [9.17, 15) is 0 Å². The quantitative estimate of drug-likeness (QED) is 0.848. The molecule has 0 aromatic carbocycles. The maximum atomic E-state index is 6.08. The van der Waals surface area contributed by atoms with Crippen LogP contribution in [0.15, 0.2) is 16.5 Å². The SMILES string of the molecule is CC(N)C(Sc1nnc(N(C)C)s1)c1ccc(Cl)s1. The van der Waals surface area contributed by atoms with Crippen molar-refractivity contribution in [3.8, 4) is 0 Å². The number of hydrogen-bond donors (Lipinski definition) is 1. The van der Waals surface area contributed by atoms with Gasteiger partial charge in [0.15, 0.2) is 4.34 Å². The van der Waals surface area contributed by atoms with E-state index in [0.29, 0.717) is 0 Å². The summed E-state index contributed by atoms with van der Waals surface area (Å²) in [7, 11) is 3.91. The van der Waals surface area contributed by atoms with Crippen molar-refractivity contribution in [3.05, 3.63) is 21.3 Å². The van der Waals surface area contributed by atoms with Crippen LogP contribution in [0.1, 0.15) is 17.1 Å². The first kappa shape index (κ1) is 15.1. The molecule has 2 N–H and O–H groups in total. The minimum absolute atomic E-state index is 0.0198. The van der Waals surface area contributed by atoms with E-state index in [2.05, 4.69) is 10.2 Å². The van der Waals surface area contributed by atoms with Gasteiger partial charge in [0.1, 0.15) is 0 Å². The first-order valence-corrected chi connectivity index (χ1v) is 8.54. The van der Waals surface area contributed by atoms with Crippen LogP contribution in [0.3, 0.4) is 0 Å². The van der Waals surface area contributed by atoms with Crippen LogP contribution >= 0.6 is 46.0 Å². The molecule has 0 amide bonds. The summed E-state index contributed by atoms with van der Waals surface area (Å²) in [5.74, 6) is 0. The van der Waals surface area contributed by atoms with Crippen molar-refractivity contribution in [2.75, 3.05) is 19.0 Å². The predicted octanol–water partition coefficient (Wildman–Crippen LogP) is 3.50. The van der Waals surface area contributed by atoms with E-state index in [1.54, 1.807) is 34.4 Å². The van der Waals surface area contributed by atoms with Gasteiger partial charge in [0.05, 0.1) is 9.59 Å². The molecule has 2 heterocycles. The topological polar surface area (TPSA) is 55.0 Å². The molecule has 0 aliphatic carbocycles. The van der Waals surface area contributed by atoms with Gasteiger partial charge in [-0.2, -0.15) is 0 Å². The minimum atomic E-state index is 0.0198. The molecule has 0 saturated carbocycles. The molecule has 0 radical (unpaired) electrons. The molecular formula is C11H15ClN4S3. The van der Waals surface area contributed by atoms with Gasteiger partial charge in [-0.15, -0.1) is 21.5 Å². The third kappa shape index (κ3) is 3.82. The van der Waals surface area contributed by atoms with E-state index < -0.39 is 0 Å². The van der Waals surface area contributed by atoms with Gasteiger partial charge in [-0.1, -0.05) is 34.7 Å². The number of aromatic nitrogens is 2. The molecule has 2 aromatic heterocycles. The maximum Gasteiger partial charge on any atom is 0.208 e. The fourth-order valence-electron chi connectivity index (χ4n) is 1.45. The molecular weight excluding hydrogens is 320 g/mol. The number of thioether (sulfide) groups is 1. The Labute approximate surface area is 130 Å². The molecule has 0 fully saturated rings. The van der Waals surface area contributed by atoms with Crippen molar-refractivity contribution < 1.29 is 0 Å². The second kappa shape index (κ2) is 6.41. The first-order chi connectivity index (χ1) is 8.97. The molecule has 2 aromatic rings. The molecule has 2 rings (SSSR count). The van der Waals surface area contributed by atoms with Gasteiger partial charge in [-0.05, 0) is 19.1 Å². The second-order valence-corrected chi connectivity index (χ2v) is 8.38. The summed E-state index contributed by atoms with van der Waals surface area (Å²) in [5.41, 5.74) is 6.08. The summed E-state index contributed by atoms with van der Waals surface area (Å²) < 4.78 is 1.71. The first-order valence-electron chi connectivity index (χ1n) is 5.65. The van der Waals surface area contributed by atoms with Crippen LogP contribution in [0.25, 0.3) is 0 Å². The largest absolute Gasteiger partial charge is 0.353 e. The van der Waals surface area contributed by atoms with E-state index in [0.717, 1.165) is 13.8 Å². The third-order valence-electron chi connectivity index (χ3n) is 2.36. The van der Waals surface area contributed by atoms with Gasteiger partial charge in [-0.3, -0.25) is 0 Å². The summed E-state index contributed by atoms with van der Waals surface area (Å²) >= 11 is 10.8. The van der Waals surface area contributed by atoms with Gasteiger partial charge in [-0.25, -0.2) is 0 Å². The summed E-state index contributed by atoms with van der Waals surface area (Å²) in [6.07, 6.45) is 0. The Morgan fingerprint density at radius 1 is 1.32 bits per heavy atom. The van der Waals surface area contributed by atoms with Gasteiger partial charge in [0.2, 0.25) is 5.13 Å². The van der Waals surface area contributed by atoms with Gasteiger partial charge >= 0.3 is 0 Å². The molecule has 19 heavy (non-hydrogen) atoms. The summed E-state index contributed by atoms with van der Waals surface area (Å²) in [5, 5.41) is 9.39. The molecule has 2 unspecified atom stereocenters. The Hall–Kier alpha value is -0.340. The summed E-state index contributed by atoms with van der Waals surface area (Å²) in [6.45, 7) is 2.00. The molecule has 104 valence electrons. The van der Waals surface area contributed by atoms with Crippen molar-refractivity contribution >= 4 is 51.2 Å². The van der Waals surface area contributed by atoms with Crippen LogP contribution in [-0.4, -0.2) is 30.3 Å². The van der Waals surface area contributed by atoms with E-state index in [-0.39, 0.29) is 11.3 Å². The van der Waals surface area contributed by atoms with E-state index >= 15 is 0 Å². The van der Waals surface area contributed by atoms with Crippen LogP contribution < -0.4 is 10.6 Å². The van der Waals surface area contributed by atoms with Crippen LogP contribution in [0.5, 0.6) is 0 Å². The summed E-state index contributed by atoms with van der Waals surface area (Å²) in [6, 6.07) is 3.96. The number of hydrogen-bond acceptors (Lipinski definition) is 7. The lowest BCUT2D eigenvalue weighted by Gasteiger charge is -2.17. The van der Waals surface area contributed by atoms with E-state index in [4.69, 9.17) is 17.3 Å². The van der Waals surface area contributed by atoms with Crippen LogP contribution in [0, 0.1) is 0 Å². The standard InChI is InChI=1S/C11H15ClN4S3/c1-6(13)9(7-4-5-8(12)17-7)18-11-15-14-10(19-11)16(2)3/h4-6,9H,13H2,1-3H3. The lowest BCUT2D eigenvalue weighted by Crippen LogP contribution is -2.21. The van der Waals surface area contributed by atoms with Crippen molar-refractivity contribution in [2.24, 2.45) is 5.73 Å². The van der Waals surface area contributed by atoms with Crippen LogP contribution in [0.2, 0.25) is 4.34 Å². The highest BCUT2D eigenvalue weighted by atomic mass is 35.5. The normalized spacial score (nSPS) is 14.4. The zero-order valence-corrected chi connectivity index (χ0v) is 14.0. The third-order valence-corrected chi connectivity index (χ3v) is 6.47. The number of rotatable bonds is 5. The number of anilines is 1. The highest BCUT2D eigenvalue weighted by Crippen LogP contribution is 2.42. The minimum Gasteiger partial charge on any atom is -0.353 e. The predicted molar refractivity (Wildman–Crippen MR) is 85.8 cm³/mol. The molecule has 0 aliphatic rings. The van der Waals surface area contributed by atoms with Crippen molar-refractivity contribution in [2.45, 2.75) is 22.6 Å². The number of nitrogens with zero attached hydrogens (tertiary/aromatic N) is 3. The Morgan fingerprint density at radius 2 is 2.05 bits per heavy atom. The smallest absolute Gasteiger partial charge is 0.208 e. The average Bonchev–Trinajstić information content (AvgIpc) is 2.94. The molecule has 4 nitrogen and oxygen atoms in total. The van der Waals surface area contributed by atoms with E-state index in [1.807, 2.05) is 38.1 Å². The monoisotopic (exact) mass is 334 g/mol. The Balaban J connectivity index is 2.16. The summed E-state index contributed by atoms with van der Waals surface area (Å²) in [4.78, 5) is 3.12. The molecule has 8 heteroatoms. The lowest BCUT2D eigenvalue weighted by atomic mass is 10.2. The molecule has 0 spiro atoms. The number of thiophene rings is 1. The molecule has 0 aliphatic heterocycles.